The van der Waals surface area contributed by atoms with Gasteiger partial charge >= 0.3 is 0 Å². The smallest absolute Gasteiger partial charge is 0.126 e. The molecule has 2 atom stereocenters. The summed E-state index contributed by atoms with van der Waals surface area (Å²) in [7, 11) is 1.65. The third kappa shape index (κ3) is 6.19. The Hall–Kier alpha value is -1.36. The van der Waals surface area contributed by atoms with E-state index in [1.165, 1.54) is 0 Å². The molecule has 0 bridgehead atoms. The van der Waals surface area contributed by atoms with Crippen molar-refractivity contribution in [3.8, 4) is 5.75 Å². The van der Waals surface area contributed by atoms with E-state index in [-0.39, 0.29) is 0 Å². The minimum absolute atomic E-state index is 0.409. The molecule has 0 aliphatic heterocycles. The summed E-state index contributed by atoms with van der Waals surface area (Å²) in [4.78, 5) is 2.02. The van der Waals surface area contributed by atoms with E-state index in [0.29, 0.717) is 19.6 Å². The van der Waals surface area contributed by atoms with Gasteiger partial charge in [0, 0.05) is 25.2 Å². The molecule has 0 unspecified atom stereocenters. The van der Waals surface area contributed by atoms with Crippen molar-refractivity contribution in [3.63, 3.8) is 0 Å². The maximum Gasteiger partial charge on any atom is 0.126 e. The van der Waals surface area contributed by atoms with Crippen LogP contribution in [0.15, 0.2) is 30.3 Å². The normalized spacial score (nSPS) is 14.7. The number of rotatable bonds is 8. The van der Waals surface area contributed by atoms with Crippen molar-refractivity contribution < 1.29 is 14.9 Å². The zero-order valence-electron chi connectivity index (χ0n) is 12.5. The molecule has 1 rings (SSSR count). The summed E-state index contributed by atoms with van der Waals surface area (Å²) in [6.45, 7) is 5.26. The summed E-state index contributed by atoms with van der Waals surface area (Å²) < 4.78 is 5.29. The lowest BCUT2D eigenvalue weighted by molar-refractivity contribution is 0.0907. The molecule has 4 heteroatoms. The van der Waals surface area contributed by atoms with Gasteiger partial charge in [0.1, 0.15) is 5.75 Å². The Labute approximate surface area is 121 Å². The summed E-state index contributed by atoms with van der Waals surface area (Å²) >= 11 is 0. The Balaban J connectivity index is 2.63. The number of para-hydroxylation sites is 1. The van der Waals surface area contributed by atoms with Crippen LogP contribution >= 0.6 is 0 Å². The molecular weight excluding hydrogens is 254 g/mol. The van der Waals surface area contributed by atoms with Gasteiger partial charge in [-0.2, -0.15) is 0 Å². The van der Waals surface area contributed by atoms with Crippen molar-refractivity contribution >= 4 is 6.08 Å². The summed E-state index contributed by atoms with van der Waals surface area (Å²) in [5, 5.41) is 18.9. The molecule has 20 heavy (non-hydrogen) atoms. The largest absolute Gasteiger partial charge is 0.496 e. The molecule has 0 spiro atoms. The zero-order valence-corrected chi connectivity index (χ0v) is 12.5. The van der Waals surface area contributed by atoms with Gasteiger partial charge < -0.3 is 14.9 Å². The minimum Gasteiger partial charge on any atom is -0.496 e. The lowest BCUT2D eigenvalue weighted by Crippen LogP contribution is -2.36. The first-order valence-electron chi connectivity index (χ1n) is 6.91. The lowest BCUT2D eigenvalue weighted by Gasteiger charge is -2.23. The van der Waals surface area contributed by atoms with E-state index in [0.717, 1.165) is 11.3 Å². The van der Waals surface area contributed by atoms with Gasteiger partial charge in [0.05, 0.1) is 19.3 Å². The van der Waals surface area contributed by atoms with Gasteiger partial charge in [0.25, 0.3) is 0 Å². The average Bonchev–Trinajstić information content (AvgIpc) is 2.37. The molecule has 0 aliphatic rings. The molecule has 0 saturated carbocycles. The third-order valence-electron chi connectivity index (χ3n) is 2.84. The summed E-state index contributed by atoms with van der Waals surface area (Å²) in [5.74, 6) is 0.835. The highest BCUT2D eigenvalue weighted by molar-refractivity contribution is 5.57. The zero-order chi connectivity index (χ0) is 15.0. The fourth-order valence-corrected chi connectivity index (χ4v) is 2.10. The standard InChI is InChI=1S/C16H25NO3/c1-13(18)11-17(12-14(2)19)10-6-8-15-7-4-5-9-16(15)20-3/h4-9,13-14,18-19H,10-12H2,1-3H3/b8-6+/t13-,14+. The van der Waals surface area contributed by atoms with Crippen molar-refractivity contribution in [1.29, 1.82) is 0 Å². The summed E-state index contributed by atoms with van der Waals surface area (Å²) in [6.07, 6.45) is 3.19. The highest BCUT2D eigenvalue weighted by atomic mass is 16.5. The quantitative estimate of drug-likeness (QED) is 0.761. The molecular formula is C16H25NO3. The van der Waals surface area contributed by atoms with Crippen LogP contribution in [0.3, 0.4) is 0 Å². The molecule has 0 heterocycles. The number of hydrogen-bond donors (Lipinski definition) is 2. The first-order chi connectivity index (χ1) is 9.52. The minimum atomic E-state index is -0.409. The van der Waals surface area contributed by atoms with Gasteiger partial charge in [0.2, 0.25) is 0 Å². The van der Waals surface area contributed by atoms with Crippen molar-refractivity contribution in [2.75, 3.05) is 26.7 Å². The maximum absolute atomic E-state index is 9.47. The van der Waals surface area contributed by atoms with Crippen molar-refractivity contribution in [3.05, 3.63) is 35.9 Å². The first kappa shape index (κ1) is 16.7. The second-order valence-electron chi connectivity index (χ2n) is 5.06. The van der Waals surface area contributed by atoms with Crippen LogP contribution in [0.2, 0.25) is 0 Å². The number of aliphatic hydroxyl groups is 2. The van der Waals surface area contributed by atoms with Gasteiger partial charge in [-0.25, -0.2) is 0 Å². The van der Waals surface area contributed by atoms with Crippen LogP contribution in [0.5, 0.6) is 5.75 Å². The van der Waals surface area contributed by atoms with Crippen LogP contribution in [0, 0.1) is 0 Å². The van der Waals surface area contributed by atoms with E-state index in [1.807, 2.05) is 41.3 Å². The van der Waals surface area contributed by atoms with E-state index in [9.17, 15) is 10.2 Å². The monoisotopic (exact) mass is 279 g/mol. The highest BCUT2D eigenvalue weighted by Gasteiger charge is 2.09. The van der Waals surface area contributed by atoms with E-state index >= 15 is 0 Å². The number of methoxy groups -OCH3 is 1. The predicted molar refractivity (Wildman–Crippen MR) is 81.8 cm³/mol. The van der Waals surface area contributed by atoms with Gasteiger partial charge in [0.15, 0.2) is 0 Å². The van der Waals surface area contributed by atoms with Crippen LogP contribution in [0.25, 0.3) is 6.08 Å². The van der Waals surface area contributed by atoms with E-state index in [1.54, 1.807) is 21.0 Å². The Kier molecular flexibility index (Phi) is 7.30. The van der Waals surface area contributed by atoms with E-state index < -0.39 is 12.2 Å². The summed E-state index contributed by atoms with van der Waals surface area (Å²) in [5.41, 5.74) is 1.02. The van der Waals surface area contributed by atoms with Crippen LogP contribution in [0.1, 0.15) is 19.4 Å². The molecule has 0 aliphatic carbocycles. The SMILES string of the molecule is COc1ccccc1/C=C/CN(C[C@H](C)O)C[C@@H](C)O. The number of benzene rings is 1. The van der Waals surface area contributed by atoms with Gasteiger partial charge in [-0.05, 0) is 19.9 Å². The Morgan fingerprint density at radius 1 is 1.15 bits per heavy atom. The third-order valence-corrected chi connectivity index (χ3v) is 2.84. The maximum atomic E-state index is 9.47. The molecule has 0 amide bonds. The molecule has 4 nitrogen and oxygen atoms in total. The van der Waals surface area contributed by atoms with Crippen LogP contribution in [0.4, 0.5) is 0 Å². The Morgan fingerprint density at radius 3 is 2.30 bits per heavy atom. The number of nitrogens with zero attached hydrogens (tertiary/aromatic N) is 1. The highest BCUT2D eigenvalue weighted by Crippen LogP contribution is 2.18. The molecule has 112 valence electrons. The lowest BCUT2D eigenvalue weighted by atomic mass is 10.2. The predicted octanol–water partition coefficient (Wildman–Crippen LogP) is 1.77. The van der Waals surface area contributed by atoms with Crippen LogP contribution < -0.4 is 4.74 Å². The number of aliphatic hydroxyl groups excluding tert-OH is 2. The van der Waals surface area contributed by atoms with Crippen LogP contribution in [-0.4, -0.2) is 54.1 Å². The molecule has 1 aromatic carbocycles. The molecule has 2 N–H and O–H groups in total. The molecule has 0 radical (unpaired) electrons. The second kappa shape index (κ2) is 8.74. The van der Waals surface area contributed by atoms with Gasteiger partial charge in [-0.15, -0.1) is 0 Å². The van der Waals surface area contributed by atoms with E-state index in [4.69, 9.17) is 4.74 Å². The number of ether oxygens (including phenoxy) is 1. The molecule has 0 aromatic heterocycles. The van der Waals surface area contributed by atoms with Gasteiger partial charge in [-0.1, -0.05) is 30.4 Å². The molecule has 1 aromatic rings. The van der Waals surface area contributed by atoms with Crippen molar-refractivity contribution in [2.24, 2.45) is 0 Å². The van der Waals surface area contributed by atoms with Gasteiger partial charge in [-0.3, -0.25) is 4.90 Å². The first-order valence-corrected chi connectivity index (χ1v) is 6.91. The average molecular weight is 279 g/mol. The fraction of sp³-hybridized carbons (Fsp3) is 0.500. The number of hydrogen-bond acceptors (Lipinski definition) is 4. The Morgan fingerprint density at radius 2 is 1.75 bits per heavy atom. The fourth-order valence-electron chi connectivity index (χ4n) is 2.10. The van der Waals surface area contributed by atoms with Crippen LogP contribution in [-0.2, 0) is 0 Å². The van der Waals surface area contributed by atoms with Crippen molar-refractivity contribution in [1.82, 2.24) is 4.90 Å². The molecule has 0 saturated heterocycles. The Bertz CT molecular complexity index is 406. The summed E-state index contributed by atoms with van der Waals surface area (Å²) in [6, 6.07) is 7.81. The second-order valence-corrected chi connectivity index (χ2v) is 5.06. The topological polar surface area (TPSA) is 52.9 Å². The van der Waals surface area contributed by atoms with E-state index in [2.05, 4.69) is 0 Å². The van der Waals surface area contributed by atoms with Crippen molar-refractivity contribution in [2.45, 2.75) is 26.1 Å². The molecule has 0 fully saturated rings.